The Hall–Kier alpha value is -1.70. The summed E-state index contributed by atoms with van der Waals surface area (Å²) in [4.78, 5) is 8.68. The summed E-state index contributed by atoms with van der Waals surface area (Å²) >= 11 is 0. The zero-order chi connectivity index (χ0) is 9.97. The van der Waals surface area contributed by atoms with E-state index >= 15 is 0 Å². The van der Waals surface area contributed by atoms with E-state index in [1.807, 2.05) is 12.3 Å². The Morgan fingerprint density at radius 1 is 1.36 bits per heavy atom. The quantitative estimate of drug-likeness (QED) is 0.717. The zero-order valence-corrected chi connectivity index (χ0v) is 8.20. The average molecular weight is 184 g/mol. The van der Waals surface area contributed by atoms with Crippen molar-refractivity contribution in [2.45, 2.75) is 13.3 Å². The third-order valence-corrected chi connectivity index (χ3v) is 2.27. The molecule has 0 radical (unpaired) electrons. The first-order valence-electron chi connectivity index (χ1n) is 4.71. The van der Waals surface area contributed by atoms with Crippen molar-refractivity contribution in [1.82, 2.24) is 9.97 Å². The molecule has 2 aromatic rings. The Morgan fingerprint density at radius 3 is 2.93 bits per heavy atom. The lowest BCUT2D eigenvalue weighted by atomic mass is 10.1. The molecule has 0 saturated carbocycles. The van der Waals surface area contributed by atoms with Crippen LogP contribution in [0.3, 0.4) is 0 Å². The van der Waals surface area contributed by atoms with Crippen molar-refractivity contribution in [1.29, 1.82) is 0 Å². The summed E-state index contributed by atoms with van der Waals surface area (Å²) < 4.78 is 0. The van der Waals surface area contributed by atoms with E-state index in [2.05, 4.69) is 29.5 Å². The fourth-order valence-corrected chi connectivity index (χ4v) is 1.45. The number of hydrogen-bond acceptors (Lipinski definition) is 2. The predicted molar refractivity (Wildman–Crippen MR) is 59.0 cm³/mol. The largest absolute Gasteiger partial charge is 0.263 e. The van der Waals surface area contributed by atoms with Gasteiger partial charge in [0.05, 0.1) is 5.52 Å². The van der Waals surface area contributed by atoms with Gasteiger partial charge in [-0.15, -0.1) is 0 Å². The Balaban J connectivity index is 2.76. The van der Waals surface area contributed by atoms with E-state index in [1.54, 1.807) is 12.3 Å². The summed E-state index contributed by atoms with van der Waals surface area (Å²) in [6.07, 6.45) is 6.37. The Morgan fingerprint density at radius 2 is 2.21 bits per heavy atom. The highest BCUT2D eigenvalue weighted by Gasteiger charge is 2.00. The van der Waals surface area contributed by atoms with E-state index in [1.165, 1.54) is 0 Å². The number of fused-ring (bicyclic) bond motifs is 1. The van der Waals surface area contributed by atoms with Crippen molar-refractivity contribution in [3.8, 4) is 0 Å². The normalized spacial score (nSPS) is 10.4. The van der Waals surface area contributed by atoms with Gasteiger partial charge in [0.2, 0.25) is 0 Å². The molecule has 2 heteroatoms. The highest BCUT2D eigenvalue weighted by atomic mass is 14.7. The molecular formula is C12H12N2. The average Bonchev–Trinajstić information content (AvgIpc) is 2.27. The van der Waals surface area contributed by atoms with Crippen molar-refractivity contribution >= 4 is 17.0 Å². The second kappa shape index (κ2) is 3.58. The Labute approximate surface area is 83.3 Å². The molecule has 2 heterocycles. The van der Waals surface area contributed by atoms with E-state index in [9.17, 15) is 0 Å². The summed E-state index contributed by atoms with van der Waals surface area (Å²) in [5, 5.41) is 1.07. The summed E-state index contributed by atoms with van der Waals surface area (Å²) in [5.74, 6) is 0. The van der Waals surface area contributed by atoms with Crippen LogP contribution in [0.2, 0.25) is 0 Å². The lowest BCUT2D eigenvalue weighted by Crippen LogP contribution is -1.90. The first kappa shape index (κ1) is 8.88. The summed E-state index contributed by atoms with van der Waals surface area (Å²) in [7, 11) is 0. The van der Waals surface area contributed by atoms with Gasteiger partial charge in [-0.2, -0.15) is 0 Å². The van der Waals surface area contributed by atoms with Gasteiger partial charge in [-0.25, -0.2) is 0 Å². The van der Waals surface area contributed by atoms with Gasteiger partial charge in [-0.3, -0.25) is 9.97 Å². The lowest BCUT2D eigenvalue weighted by Gasteiger charge is -2.02. The third kappa shape index (κ3) is 1.39. The van der Waals surface area contributed by atoms with Crippen LogP contribution in [0.1, 0.15) is 18.2 Å². The van der Waals surface area contributed by atoms with Crippen molar-refractivity contribution in [2.24, 2.45) is 0 Å². The second-order valence-electron chi connectivity index (χ2n) is 3.16. The number of aromatic nitrogens is 2. The molecule has 0 aliphatic heterocycles. The number of aryl methyl sites for hydroxylation is 1. The second-order valence-corrected chi connectivity index (χ2v) is 3.16. The standard InChI is InChI=1S/C12H12N2/c1-3-9-7-13-8-10-5-6-11(4-2)14-12(9)10/h3,5-8H,1,4H2,2H3. The van der Waals surface area contributed by atoms with Gasteiger partial charge >= 0.3 is 0 Å². The Kier molecular flexibility index (Phi) is 2.27. The van der Waals surface area contributed by atoms with E-state index in [0.29, 0.717) is 0 Å². The van der Waals surface area contributed by atoms with Gasteiger partial charge in [0, 0.05) is 29.0 Å². The predicted octanol–water partition coefficient (Wildman–Crippen LogP) is 2.84. The van der Waals surface area contributed by atoms with Crippen LogP contribution >= 0.6 is 0 Å². The number of hydrogen-bond donors (Lipinski definition) is 0. The summed E-state index contributed by atoms with van der Waals surface area (Å²) in [6.45, 7) is 5.86. The maximum atomic E-state index is 4.55. The van der Waals surface area contributed by atoms with E-state index in [0.717, 1.165) is 28.6 Å². The fourth-order valence-electron chi connectivity index (χ4n) is 1.45. The van der Waals surface area contributed by atoms with Crippen LogP contribution in [-0.2, 0) is 6.42 Å². The van der Waals surface area contributed by atoms with Gasteiger partial charge in [0.15, 0.2) is 0 Å². The molecule has 0 unspecified atom stereocenters. The third-order valence-electron chi connectivity index (χ3n) is 2.27. The Bertz CT molecular complexity index is 475. The molecule has 0 saturated heterocycles. The van der Waals surface area contributed by atoms with Crippen molar-refractivity contribution < 1.29 is 0 Å². The smallest absolute Gasteiger partial charge is 0.0808 e. The molecule has 0 spiro atoms. The fraction of sp³-hybridized carbons (Fsp3) is 0.167. The first-order chi connectivity index (χ1) is 6.85. The van der Waals surface area contributed by atoms with Gasteiger partial charge in [0.25, 0.3) is 0 Å². The molecule has 0 atom stereocenters. The minimum Gasteiger partial charge on any atom is -0.263 e. The molecule has 0 aromatic carbocycles. The van der Waals surface area contributed by atoms with Gasteiger partial charge in [-0.1, -0.05) is 19.6 Å². The summed E-state index contributed by atoms with van der Waals surface area (Å²) in [5.41, 5.74) is 3.10. The van der Waals surface area contributed by atoms with Crippen LogP contribution in [0.25, 0.3) is 17.0 Å². The van der Waals surface area contributed by atoms with Crippen LogP contribution in [0.15, 0.2) is 31.1 Å². The topological polar surface area (TPSA) is 25.8 Å². The number of nitrogens with zero attached hydrogens (tertiary/aromatic N) is 2. The molecule has 0 fully saturated rings. The van der Waals surface area contributed by atoms with Crippen molar-refractivity contribution in [3.05, 3.63) is 42.4 Å². The molecule has 2 nitrogen and oxygen atoms in total. The maximum Gasteiger partial charge on any atom is 0.0808 e. The van der Waals surface area contributed by atoms with Crippen LogP contribution in [0.4, 0.5) is 0 Å². The SMILES string of the molecule is C=Cc1cncc2ccc(CC)nc12. The molecule has 0 amide bonds. The highest BCUT2D eigenvalue weighted by Crippen LogP contribution is 2.16. The molecule has 70 valence electrons. The molecule has 2 aromatic heterocycles. The number of rotatable bonds is 2. The van der Waals surface area contributed by atoms with Gasteiger partial charge in [0.1, 0.15) is 0 Å². The molecule has 0 aliphatic rings. The van der Waals surface area contributed by atoms with Gasteiger partial charge in [-0.05, 0) is 18.6 Å². The molecule has 0 aliphatic carbocycles. The van der Waals surface area contributed by atoms with Crippen LogP contribution in [-0.4, -0.2) is 9.97 Å². The molecule has 2 rings (SSSR count). The highest BCUT2D eigenvalue weighted by molar-refractivity contribution is 5.85. The van der Waals surface area contributed by atoms with E-state index < -0.39 is 0 Å². The first-order valence-corrected chi connectivity index (χ1v) is 4.71. The van der Waals surface area contributed by atoms with Crippen molar-refractivity contribution in [3.63, 3.8) is 0 Å². The number of pyridine rings is 2. The lowest BCUT2D eigenvalue weighted by molar-refractivity contribution is 1.05. The maximum absolute atomic E-state index is 4.55. The minimum atomic E-state index is 0.953. The van der Waals surface area contributed by atoms with Crippen LogP contribution in [0, 0.1) is 0 Å². The van der Waals surface area contributed by atoms with Crippen molar-refractivity contribution in [2.75, 3.05) is 0 Å². The zero-order valence-electron chi connectivity index (χ0n) is 8.20. The van der Waals surface area contributed by atoms with E-state index in [4.69, 9.17) is 0 Å². The monoisotopic (exact) mass is 184 g/mol. The van der Waals surface area contributed by atoms with E-state index in [-0.39, 0.29) is 0 Å². The summed E-state index contributed by atoms with van der Waals surface area (Å²) in [6, 6.07) is 4.10. The van der Waals surface area contributed by atoms with Gasteiger partial charge < -0.3 is 0 Å². The van der Waals surface area contributed by atoms with Crippen LogP contribution in [0.5, 0.6) is 0 Å². The molecule has 14 heavy (non-hydrogen) atoms. The minimum absolute atomic E-state index is 0.953. The molecular weight excluding hydrogens is 172 g/mol. The molecule has 0 N–H and O–H groups in total. The molecule has 0 bridgehead atoms. The van der Waals surface area contributed by atoms with Crippen LogP contribution < -0.4 is 0 Å².